The summed E-state index contributed by atoms with van der Waals surface area (Å²) in [6.45, 7) is 1.57. The van der Waals surface area contributed by atoms with Gasteiger partial charge in [-0.3, -0.25) is 9.59 Å². The highest BCUT2D eigenvalue weighted by atomic mass is 16.5. The molecule has 3 rings (SSSR count). The highest BCUT2D eigenvalue weighted by Crippen LogP contribution is 2.24. The Hall–Kier alpha value is -3.28. The van der Waals surface area contributed by atoms with Crippen LogP contribution in [0.3, 0.4) is 0 Å². The van der Waals surface area contributed by atoms with Gasteiger partial charge in [-0.2, -0.15) is 0 Å². The monoisotopic (exact) mass is 394 g/mol. The van der Waals surface area contributed by atoms with Crippen LogP contribution in [-0.2, 0) is 20.7 Å². The molecule has 0 spiro atoms. The Morgan fingerprint density at radius 3 is 2.69 bits per heavy atom. The van der Waals surface area contributed by atoms with Gasteiger partial charge < -0.3 is 19.8 Å². The lowest BCUT2D eigenvalue weighted by Gasteiger charge is -2.17. The number of carbonyl (C=O) groups is 2. The molecule has 1 unspecified atom stereocenters. The van der Waals surface area contributed by atoms with Gasteiger partial charge in [0.2, 0.25) is 0 Å². The minimum atomic E-state index is -0.370. The number of nitrogens with one attached hydrogen (secondary N) is 2. The second-order valence-electron chi connectivity index (χ2n) is 6.90. The number of fused-ring (bicyclic) bond motifs is 1. The van der Waals surface area contributed by atoms with Crippen LogP contribution in [0.2, 0.25) is 0 Å². The smallest absolute Gasteiger partial charge is 0.306 e. The maximum absolute atomic E-state index is 12.1. The summed E-state index contributed by atoms with van der Waals surface area (Å²) in [6.07, 6.45) is 3.69. The van der Waals surface area contributed by atoms with Crippen LogP contribution in [0.15, 0.2) is 54.7 Å². The lowest BCUT2D eigenvalue weighted by atomic mass is 10.1. The predicted molar refractivity (Wildman–Crippen MR) is 112 cm³/mol. The van der Waals surface area contributed by atoms with E-state index in [9.17, 15) is 9.59 Å². The van der Waals surface area contributed by atoms with Crippen molar-refractivity contribution in [2.45, 2.75) is 32.2 Å². The van der Waals surface area contributed by atoms with Gasteiger partial charge in [-0.1, -0.05) is 36.4 Å². The first-order valence-electron chi connectivity index (χ1n) is 9.71. The number of hydrogen-bond acceptors (Lipinski definition) is 4. The SMILES string of the molecule is COc1ccccc1C(C)NC(=O)COC(=O)CCCc1c[nH]c2ccccc12. The highest BCUT2D eigenvalue weighted by molar-refractivity contribution is 5.83. The zero-order valence-corrected chi connectivity index (χ0v) is 16.7. The summed E-state index contributed by atoms with van der Waals surface area (Å²) in [5.41, 5.74) is 3.14. The second kappa shape index (κ2) is 9.78. The maximum Gasteiger partial charge on any atom is 0.306 e. The summed E-state index contributed by atoms with van der Waals surface area (Å²) in [5, 5.41) is 4.00. The topological polar surface area (TPSA) is 80.4 Å². The molecule has 6 heteroatoms. The normalized spacial score (nSPS) is 11.8. The molecule has 2 N–H and O–H groups in total. The average molecular weight is 394 g/mol. The first kappa shape index (κ1) is 20.5. The molecule has 0 bridgehead atoms. The van der Waals surface area contributed by atoms with Gasteiger partial charge in [0.25, 0.3) is 5.91 Å². The van der Waals surface area contributed by atoms with Crippen molar-refractivity contribution in [3.05, 3.63) is 65.9 Å². The molecule has 1 amide bonds. The number of benzene rings is 2. The van der Waals surface area contributed by atoms with Crippen LogP contribution in [0, 0.1) is 0 Å². The fraction of sp³-hybridized carbons (Fsp3) is 0.304. The van der Waals surface area contributed by atoms with E-state index in [2.05, 4.69) is 16.4 Å². The van der Waals surface area contributed by atoms with E-state index in [4.69, 9.17) is 9.47 Å². The van der Waals surface area contributed by atoms with Gasteiger partial charge in [-0.25, -0.2) is 0 Å². The van der Waals surface area contributed by atoms with Crippen LogP contribution < -0.4 is 10.1 Å². The van der Waals surface area contributed by atoms with E-state index in [0.29, 0.717) is 12.2 Å². The van der Waals surface area contributed by atoms with E-state index in [1.807, 2.05) is 55.6 Å². The molecular weight excluding hydrogens is 368 g/mol. The Kier molecular flexibility index (Phi) is 6.89. The Morgan fingerprint density at radius 1 is 1.10 bits per heavy atom. The van der Waals surface area contributed by atoms with Gasteiger partial charge in [0, 0.05) is 29.1 Å². The summed E-state index contributed by atoms with van der Waals surface area (Å²) in [6, 6.07) is 15.3. The molecule has 6 nitrogen and oxygen atoms in total. The van der Waals surface area contributed by atoms with Crippen LogP contribution in [0.5, 0.6) is 5.75 Å². The van der Waals surface area contributed by atoms with Gasteiger partial charge in [-0.15, -0.1) is 0 Å². The number of aromatic nitrogens is 1. The number of ether oxygens (including phenoxy) is 2. The number of H-pyrrole nitrogens is 1. The molecular formula is C23H26N2O4. The minimum Gasteiger partial charge on any atom is -0.496 e. The third-order valence-electron chi connectivity index (χ3n) is 4.85. The molecule has 29 heavy (non-hydrogen) atoms. The number of rotatable bonds is 9. The quantitative estimate of drug-likeness (QED) is 0.539. The van der Waals surface area contributed by atoms with Gasteiger partial charge in [0.05, 0.1) is 13.2 Å². The molecule has 0 aliphatic heterocycles. The molecule has 0 aliphatic rings. The molecule has 0 saturated carbocycles. The van der Waals surface area contributed by atoms with Crippen molar-refractivity contribution < 1.29 is 19.1 Å². The molecule has 0 radical (unpaired) electrons. The Bertz CT molecular complexity index is 980. The third-order valence-corrected chi connectivity index (χ3v) is 4.85. The number of aromatic amines is 1. The summed E-state index contributed by atoms with van der Waals surface area (Å²) in [4.78, 5) is 27.3. The predicted octanol–water partition coefficient (Wildman–Crippen LogP) is 3.92. The van der Waals surface area contributed by atoms with Crippen molar-refractivity contribution in [3.8, 4) is 5.75 Å². The first-order chi connectivity index (χ1) is 14.1. The standard InChI is InChI=1S/C23H26N2O4/c1-16(18-9-4-6-12-21(18)28-2)25-22(26)15-29-23(27)13-7-8-17-14-24-20-11-5-3-10-19(17)20/h3-6,9-12,14,16,24H,7-8,13,15H2,1-2H3,(H,25,26). The van der Waals surface area contributed by atoms with E-state index in [0.717, 1.165) is 17.5 Å². The average Bonchev–Trinajstić information content (AvgIpc) is 3.15. The van der Waals surface area contributed by atoms with Crippen LogP contribution in [0.25, 0.3) is 10.9 Å². The molecule has 2 aromatic carbocycles. The van der Waals surface area contributed by atoms with Gasteiger partial charge in [-0.05, 0) is 37.5 Å². The van der Waals surface area contributed by atoms with Crippen LogP contribution in [0.4, 0.5) is 0 Å². The van der Waals surface area contributed by atoms with Gasteiger partial charge >= 0.3 is 5.97 Å². The van der Waals surface area contributed by atoms with Crippen molar-refractivity contribution >= 4 is 22.8 Å². The number of methoxy groups -OCH3 is 1. The summed E-state index contributed by atoms with van der Waals surface area (Å²) < 4.78 is 10.4. The zero-order valence-electron chi connectivity index (χ0n) is 16.7. The third kappa shape index (κ3) is 5.38. The fourth-order valence-corrected chi connectivity index (χ4v) is 3.36. The van der Waals surface area contributed by atoms with Crippen LogP contribution in [0.1, 0.15) is 36.9 Å². The largest absolute Gasteiger partial charge is 0.496 e. The molecule has 1 heterocycles. The maximum atomic E-state index is 12.1. The number of para-hydroxylation sites is 2. The molecule has 152 valence electrons. The van der Waals surface area contributed by atoms with E-state index >= 15 is 0 Å². The number of esters is 1. The molecule has 3 aromatic rings. The van der Waals surface area contributed by atoms with E-state index in [-0.39, 0.29) is 30.9 Å². The lowest BCUT2D eigenvalue weighted by molar-refractivity contribution is -0.148. The van der Waals surface area contributed by atoms with Crippen LogP contribution in [-0.4, -0.2) is 30.6 Å². The van der Waals surface area contributed by atoms with E-state index in [1.54, 1.807) is 7.11 Å². The van der Waals surface area contributed by atoms with E-state index < -0.39 is 0 Å². The Balaban J connectivity index is 1.40. The summed E-state index contributed by atoms with van der Waals surface area (Å²) in [5.74, 6) is -0.00658. The van der Waals surface area contributed by atoms with Crippen molar-refractivity contribution in [2.24, 2.45) is 0 Å². The minimum absolute atomic E-state index is 0.251. The molecule has 0 saturated heterocycles. The number of aryl methyl sites for hydroxylation is 1. The van der Waals surface area contributed by atoms with Crippen molar-refractivity contribution in [3.63, 3.8) is 0 Å². The van der Waals surface area contributed by atoms with Crippen molar-refractivity contribution in [1.82, 2.24) is 10.3 Å². The van der Waals surface area contributed by atoms with Gasteiger partial charge in [0.1, 0.15) is 5.75 Å². The van der Waals surface area contributed by atoms with E-state index in [1.165, 1.54) is 10.9 Å². The number of carbonyl (C=O) groups excluding carboxylic acids is 2. The summed E-state index contributed by atoms with van der Waals surface area (Å²) in [7, 11) is 1.59. The Labute approximate surface area is 170 Å². The molecule has 0 fully saturated rings. The molecule has 0 aliphatic carbocycles. The fourth-order valence-electron chi connectivity index (χ4n) is 3.36. The molecule has 1 atom stereocenters. The number of amides is 1. The summed E-state index contributed by atoms with van der Waals surface area (Å²) >= 11 is 0. The second-order valence-corrected chi connectivity index (χ2v) is 6.90. The highest BCUT2D eigenvalue weighted by Gasteiger charge is 2.15. The zero-order chi connectivity index (χ0) is 20.6. The lowest BCUT2D eigenvalue weighted by Crippen LogP contribution is -2.31. The Morgan fingerprint density at radius 2 is 1.86 bits per heavy atom. The first-order valence-corrected chi connectivity index (χ1v) is 9.71. The van der Waals surface area contributed by atoms with Crippen molar-refractivity contribution in [1.29, 1.82) is 0 Å². The van der Waals surface area contributed by atoms with Crippen LogP contribution >= 0.6 is 0 Å². The van der Waals surface area contributed by atoms with Crippen molar-refractivity contribution in [2.75, 3.05) is 13.7 Å². The number of hydrogen-bond donors (Lipinski definition) is 2. The molecule has 1 aromatic heterocycles. The van der Waals surface area contributed by atoms with Gasteiger partial charge in [0.15, 0.2) is 6.61 Å².